The summed E-state index contributed by atoms with van der Waals surface area (Å²) in [5.74, 6) is 0.947. The van der Waals surface area contributed by atoms with Crippen molar-refractivity contribution < 1.29 is 19.1 Å². The molecule has 1 atom stereocenters. The third kappa shape index (κ3) is 3.24. The van der Waals surface area contributed by atoms with Crippen LogP contribution in [0.3, 0.4) is 0 Å². The van der Waals surface area contributed by atoms with Crippen LogP contribution < -0.4 is 14.4 Å². The summed E-state index contributed by atoms with van der Waals surface area (Å²) >= 11 is 0. The molecule has 1 aliphatic heterocycles. The molecule has 0 aromatic heterocycles. The molecule has 22 heavy (non-hydrogen) atoms. The van der Waals surface area contributed by atoms with Gasteiger partial charge in [-0.1, -0.05) is 26.2 Å². The summed E-state index contributed by atoms with van der Waals surface area (Å²) in [6, 6.07) is 3.32. The van der Waals surface area contributed by atoms with Crippen LogP contribution in [-0.4, -0.2) is 32.0 Å². The molecule has 120 valence electrons. The van der Waals surface area contributed by atoms with E-state index < -0.39 is 6.10 Å². The van der Waals surface area contributed by atoms with Crippen molar-refractivity contribution in [3.63, 3.8) is 0 Å². The van der Waals surface area contributed by atoms with Crippen molar-refractivity contribution in [2.24, 2.45) is 0 Å². The molecule has 0 bridgehead atoms. The summed E-state index contributed by atoms with van der Waals surface area (Å²) in [5, 5.41) is 0. The molecule has 0 N–H and O–H groups in total. The Balaban J connectivity index is 2.34. The highest BCUT2D eigenvalue weighted by Gasteiger charge is 2.33. The first-order valence-electron chi connectivity index (χ1n) is 7.77. The molecule has 1 amide bonds. The molecule has 0 saturated heterocycles. The largest absolute Gasteiger partial charge is 0.493 e. The summed E-state index contributed by atoms with van der Waals surface area (Å²) in [5.41, 5.74) is 1.10. The van der Waals surface area contributed by atoms with Gasteiger partial charge in [0.05, 0.1) is 12.8 Å². The van der Waals surface area contributed by atoms with Crippen LogP contribution in [0.5, 0.6) is 11.5 Å². The van der Waals surface area contributed by atoms with E-state index in [-0.39, 0.29) is 5.91 Å². The molecular weight excluding hydrogens is 282 g/mol. The highest BCUT2D eigenvalue weighted by molar-refractivity contribution is 6.01. The van der Waals surface area contributed by atoms with Gasteiger partial charge in [-0.15, -0.1) is 0 Å². The van der Waals surface area contributed by atoms with E-state index in [2.05, 4.69) is 6.92 Å². The summed E-state index contributed by atoms with van der Waals surface area (Å²) < 4.78 is 11.0. The van der Waals surface area contributed by atoms with Crippen LogP contribution in [0.15, 0.2) is 12.1 Å². The number of fused-ring (bicyclic) bond motifs is 1. The minimum absolute atomic E-state index is 0.0749. The van der Waals surface area contributed by atoms with E-state index in [4.69, 9.17) is 9.47 Å². The van der Waals surface area contributed by atoms with Crippen LogP contribution >= 0.6 is 0 Å². The molecule has 5 nitrogen and oxygen atoms in total. The Bertz CT molecular complexity index is 556. The van der Waals surface area contributed by atoms with E-state index in [9.17, 15) is 9.59 Å². The predicted molar refractivity (Wildman–Crippen MR) is 85.0 cm³/mol. The number of rotatable bonds is 7. The first-order chi connectivity index (χ1) is 10.6. The molecule has 1 aromatic rings. The van der Waals surface area contributed by atoms with E-state index in [1.807, 2.05) is 0 Å². The van der Waals surface area contributed by atoms with Gasteiger partial charge in [0.1, 0.15) is 6.29 Å². The van der Waals surface area contributed by atoms with E-state index >= 15 is 0 Å². The second kappa shape index (κ2) is 7.29. The molecule has 0 fully saturated rings. The zero-order valence-corrected chi connectivity index (χ0v) is 13.4. The van der Waals surface area contributed by atoms with Crippen molar-refractivity contribution in [2.75, 3.05) is 18.6 Å². The Kier molecular flexibility index (Phi) is 5.41. The fourth-order valence-electron chi connectivity index (χ4n) is 2.64. The third-order valence-corrected chi connectivity index (χ3v) is 3.85. The fourth-order valence-corrected chi connectivity index (χ4v) is 2.64. The van der Waals surface area contributed by atoms with Crippen molar-refractivity contribution >= 4 is 17.9 Å². The van der Waals surface area contributed by atoms with Crippen LogP contribution in [0.2, 0.25) is 0 Å². The average Bonchev–Trinajstić information content (AvgIpc) is 2.53. The van der Waals surface area contributed by atoms with Crippen molar-refractivity contribution in [2.45, 2.75) is 45.6 Å². The molecule has 0 spiro atoms. The molecule has 1 aromatic carbocycles. The molecule has 2 rings (SSSR count). The SMILES string of the molecule is CCCCCCN1C(=O)C(C)Oc2c(OC)cc(C=O)cc21. The number of aldehydes is 1. The zero-order chi connectivity index (χ0) is 16.1. The maximum Gasteiger partial charge on any atom is 0.267 e. The quantitative estimate of drug-likeness (QED) is 0.573. The molecular formula is C17H23NO4. The fraction of sp³-hybridized carbons (Fsp3) is 0.529. The summed E-state index contributed by atoms with van der Waals surface area (Å²) in [6.45, 7) is 4.51. The number of nitrogens with zero attached hydrogens (tertiary/aromatic N) is 1. The summed E-state index contributed by atoms with van der Waals surface area (Å²) in [4.78, 5) is 25.3. The van der Waals surface area contributed by atoms with Gasteiger partial charge in [-0.05, 0) is 25.5 Å². The third-order valence-electron chi connectivity index (χ3n) is 3.85. The van der Waals surface area contributed by atoms with Gasteiger partial charge < -0.3 is 14.4 Å². The van der Waals surface area contributed by atoms with Crippen LogP contribution in [0.1, 0.15) is 49.9 Å². The zero-order valence-electron chi connectivity index (χ0n) is 13.4. The van der Waals surface area contributed by atoms with E-state index in [0.717, 1.165) is 32.0 Å². The predicted octanol–water partition coefficient (Wildman–Crippen LogP) is 3.20. The topological polar surface area (TPSA) is 55.8 Å². The van der Waals surface area contributed by atoms with Crippen LogP contribution in [0.25, 0.3) is 0 Å². The molecule has 0 radical (unpaired) electrons. The van der Waals surface area contributed by atoms with Gasteiger partial charge in [0.15, 0.2) is 17.6 Å². The number of ether oxygens (including phenoxy) is 2. The maximum absolute atomic E-state index is 12.4. The van der Waals surface area contributed by atoms with Crippen LogP contribution in [0.4, 0.5) is 5.69 Å². The van der Waals surface area contributed by atoms with Gasteiger partial charge in [0.2, 0.25) is 0 Å². The highest BCUT2D eigenvalue weighted by atomic mass is 16.5. The Labute approximate surface area is 131 Å². The molecule has 1 unspecified atom stereocenters. The number of hydrogen-bond acceptors (Lipinski definition) is 4. The number of carbonyl (C=O) groups excluding carboxylic acids is 2. The van der Waals surface area contributed by atoms with Gasteiger partial charge in [-0.2, -0.15) is 0 Å². The Hall–Kier alpha value is -2.04. The van der Waals surface area contributed by atoms with Gasteiger partial charge >= 0.3 is 0 Å². The molecule has 1 aliphatic rings. The number of amides is 1. The minimum Gasteiger partial charge on any atom is -0.493 e. The monoisotopic (exact) mass is 305 g/mol. The first kappa shape index (κ1) is 16.3. The number of benzene rings is 1. The lowest BCUT2D eigenvalue weighted by Gasteiger charge is -2.34. The van der Waals surface area contributed by atoms with E-state index in [0.29, 0.717) is 29.3 Å². The maximum atomic E-state index is 12.4. The van der Waals surface area contributed by atoms with Crippen molar-refractivity contribution in [3.8, 4) is 11.5 Å². The number of methoxy groups -OCH3 is 1. The van der Waals surface area contributed by atoms with E-state index in [1.54, 1.807) is 24.0 Å². The van der Waals surface area contributed by atoms with E-state index in [1.165, 1.54) is 7.11 Å². The lowest BCUT2D eigenvalue weighted by Crippen LogP contribution is -2.45. The summed E-state index contributed by atoms with van der Waals surface area (Å²) in [7, 11) is 1.53. The van der Waals surface area contributed by atoms with Crippen molar-refractivity contribution in [1.29, 1.82) is 0 Å². The number of unbranched alkanes of at least 4 members (excludes halogenated alkanes) is 3. The van der Waals surface area contributed by atoms with Crippen molar-refractivity contribution in [3.05, 3.63) is 17.7 Å². The van der Waals surface area contributed by atoms with Gasteiger partial charge in [-0.25, -0.2) is 0 Å². The second-order valence-corrected chi connectivity index (χ2v) is 5.50. The van der Waals surface area contributed by atoms with Crippen LogP contribution in [-0.2, 0) is 4.79 Å². The lowest BCUT2D eigenvalue weighted by atomic mass is 10.1. The first-order valence-corrected chi connectivity index (χ1v) is 7.77. The standard InChI is InChI=1S/C17H23NO4/c1-4-5-6-7-8-18-14-9-13(11-19)10-15(21-3)16(14)22-12(2)17(18)20/h9-12H,4-8H2,1-3H3. The summed E-state index contributed by atoms with van der Waals surface area (Å²) in [6.07, 6.45) is 4.51. The second-order valence-electron chi connectivity index (χ2n) is 5.50. The lowest BCUT2D eigenvalue weighted by molar-refractivity contribution is -0.125. The Morgan fingerprint density at radius 1 is 1.32 bits per heavy atom. The van der Waals surface area contributed by atoms with Gasteiger partial charge in [0, 0.05) is 12.1 Å². The minimum atomic E-state index is -0.547. The molecule has 0 saturated carbocycles. The number of carbonyl (C=O) groups is 2. The normalized spacial score (nSPS) is 17.0. The van der Waals surface area contributed by atoms with Crippen molar-refractivity contribution in [1.82, 2.24) is 0 Å². The number of hydrogen-bond donors (Lipinski definition) is 0. The molecule has 0 aliphatic carbocycles. The van der Waals surface area contributed by atoms with Crippen LogP contribution in [0, 0.1) is 0 Å². The number of anilines is 1. The molecule has 5 heteroatoms. The average molecular weight is 305 g/mol. The van der Waals surface area contributed by atoms with Gasteiger partial charge in [0.25, 0.3) is 5.91 Å². The Morgan fingerprint density at radius 2 is 2.09 bits per heavy atom. The molecule has 1 heterocycles. The highest BCUT2D eigenvalue weighted by Crippen LogP contribution is 2.42. The smallest absolute Gasteiger partial charge is 0.267 e. The van der Waals surface area contributed by atoms with Gasteiger partial charge in [-0.3, -0.25) is 9.59 Å². The Morgan fingerprint density at radius 3 is 2.73 bits per heavy atom.